The Bertz CT molecular complexity index is 729. The van der Waals surface area contributed by atoms with Gasteiger partial charge in [0.2, 0.25) is 0 Å². The van der Waals surface area contributed by atoms with Crippen molar-refractivity contribution in [2.24, 2.45) is 0 Å². The maximum Gasteiger partial charge on any atom is 0.192 e. The van der Waals surface area contributed by atoms with Crippen molar-refractivity contribution in [3.05, 3.63) is 82.1 Å². The highest BCUT2D eigenvalue weighted by Crippen LogP contribution is 2.10. The fraction of sp³-hybridized carbons (Fsp3) is 0.0625. The maximum absolute atomic E-state index is 12.3. The van der Waals surface area contributed by atoms with Gasteiger partial charge in [-0.1, -0.05) is 42.5 Å². The van der Waals surface area contributed by atoms with E-state index in [1.165, 1.54) is 0 Å². The normalized spacial score (nSPS) is 10.7. The molecule has 1 aromatic heterocycles. The zero-order valence-corrected chi connectivity index (χ0v) is 9.89. The van der Waals surface area contributed by atoms with E-state index in [0.29, 0.717) is 6.42 Å². The third-order valence-corrected chi connectivity index (χ3v) is 3.10. The predicted octanol–water partition coefficient (Wildman–Crippen LogP) is 3.12. The highest BCUT2D eigenvalue weighted by molar-refractivity contribution is 5.78. The number of fused-ring (bicyclic) bond motifs is 1. The zero-order valence-electron chi connectivity index (χ0n) is 9.89. The van der Waals surface area contributed by atoms with E-state index in [9.17, 15) is 4.79 Å². The van der Waals surface area contributed by atoms with E-state index in [-0.39, 0.29) is 5.43 Å². The summed E-state index contributed by atoms with van der Waals surface area (Å²) in [5, 5.41) is 0.755. The second kappa shape index (κ2) is 4.49. The summed E-state index contributed by atoms with van der Waals surface area (Å²) in [5.41, 5.74) is 2.96. The van der Waals surface area contributed by atoms with Gasteiger partial charge < -0.3 is 4.98 Å². The summed E-state index contributed by atoms with van der Waals surface area (Å²) in [5.74, 6) is 0. The van der Waals surface area contributed by atoms with Crippen molar-refractivity contribution < 1.29 is 0 Å². The molecule has 0 bridgehead atoms. The molecule has 0 saturated carbocycles. The monoisotopic (exact) mass is 235 g/mol. The van der Waals surface area contributed by atoms with Crippen LogP contribution in [0.5, 0.6) is 0 Å². The number of aromatic nitrogens is 1. The Morgan fingerprint density at radius 2 is 1.61 bits per heavy atom. The van der Waals surface area contributed by atoms with Gasteiger partial charge in [0.1, 0.15) is 0 Å². The molecule has 18 heavy (non-hydrogen) atoms. The van der Waals surface area contributed by atoms with Crippen molar-refractivity contribution in [1.29, 1.82) is 0 Å². The van der Waals surface area contributed by atoms with Gasteiger partial charge in [-0.25, -0.2) is 0 Å². The number of rotatable bonds is 2. The first-order valence-electron chi connectivity index (χ1n) is 5.98. The van der Waals surface area contributed by atoms with Gasteiger partial charge in [0.15, 0.2) is 5.43 Å². The average molecular weight is 235 g/mol. The molecule has 0 saturated heterocycles. The van der Waals surface area contributed by atoms with E-state index in [4.69, 9.17) is 0 Å². The second-order valence-corrected chi connectivity index (χ2v) is 4.35. The summed E-state index contributed by atoms with van der Waals surface area (Å²) >= 11 is 0. The van der Waals surface area contributed by atoms with Gasteiger partial charge in [-0.3, -0.25) is 4.79 Å². The van der Waals surface area contributed by atoms with Crippen molar-refractivity contribution in [3.63, 3.8) is 0 Å². The molecule has 0 amide bonds. The minimum absolute atomic E-state index is 0.119. The Balaban J connectivity index is 2.08. The van der Waals surface area contributed by atoms with Gasteiger partial charge in [-0.05, 0) is 17.7 Å². The molecule has 88 valence electrons. The van der Waals surface area contributed by atoms with Gasteiger partial charge >= 0.3 is 0 Å². The molecular formula is C16H13NO. The summed E-state index contributed by atoms with van der Waals surface area (Å²) in [6.07, 6.45) is 2.48. The molecule has 0 unspecified atom stereocenters. The lowest BCUT2D eigenvalue weighted by Crippen LogP contribution is -2.10. The third-order valence-electron chi connectivity index (χ3n) is 3.10. The molecular weight excluding hydrogens is 222 g/mol. The number of aromatic amines is 1. The summed E-state index contributed by atoms with van der Waals surface area (Å²) < 4.78 is 0. The largest absolute Gasteiger partial charge is 0.361 e. The van der Waals surface area contributed by atoms with Crippen molar-refractivity contribution >= 4 is 10.9 Å². The summed E-state index contributed by atoms with van der Waals surface area (Å²) in [4.78, 5) is 15.5. The minimum Gasteiger partial charge on any atom is -0.361 e. The van der Waals surface area contributed by atoms with E-state index >= 15 is 0 Å². The van der Waals surface area contributed by atoms with Crippen LogP contribution in [0.2, 0.25) is 0 Å². The van der Waals surface area contributed by atoms with Crippen LogP contribution >= 0.6 is 0 Å². The fourth-order valence-electron chi connectivity index (χ4n) is 2.16. The van der Waals surface area contributed by atoms with E-state index < -0.39 is 0 Å². The van der Waals surface area contributed by atoms with Crippen LogP contribution in [0.3, 0.4) is 0 Å². The van der Waals surface area contributed by atoms with Crippen LogP contribution in [0.15, 0.2) is 65.6 Å². The molecule has 0 atom stereocenters. The second-order valence-electron chi connectivity index (χ2n) is 4.35. The quantitative estimate of drug-likeness (QED) is 0.727. The molecule has 0 spiro atoms. The number of pyridine rings is 1. The standard InChI is InChI=1S/C16H13NO/c18-16-13(10-12-6-2-1-3-7-12)11-17-15-9-5-4-8-14(15)16/h1-9,11H,10H2,(H,17,18). The SMILES string of the molecule is O=c1c(Cc2ccccc2)c[nH]c2ccccc12. The van der Waals surface area contributed by atoms with Crippen LogP contribution in [0, 0.1) is 0 Å². The molecule has 3 rings (SSSR count). The van der Waals surface area contributed by atoms with Crippen molar-refractivity contribution in [3.8, 4) is 0 Å². The Morgan fingerprint density at radius 1 is 0.889 bits per heavy atom. The fourth-order valence-corrected chi connectivity index (χ4v) is 2.16. The number of hydrogen-bond donors (Lipinski definition) is 1. The van der Waals surface area contributed by atoms with Crippen LogP contribution in [-0.2, 0) is 6.42 Å². The van der Waals surface area contributed by atoms with Gasteiger partial charge in [0.05, 0.1) is 0 Å². The molecule has 0 aliphatic carbocycles. The summed E-state index contributed by atoms with van der Waals surface area (Å²) in [6.45, 7) is 0. The maximum atomic E-state index is 12.3. The number of hydrogen-bond acceptors (Lipinski definition) is 1. The van der Waals surface area contributed by atoms with Crippen LogP contribution in [0.25, 0.3) is 10.9 Å². The van der Waals surface area contributed by atoms with Crippen LogP contribution in [0.1, 0.15) is 11.1 Å². The van der Waals surface area contributed by atoms with E-state index in [2.05, 4.69) is 4.98 Å². The molecule has 0 aliphatic heterocycles. The Hall–Kier alpha value is -2.35. The lowest BCUT2D eigenvalue weighted by Gasteiger charge is -2.03. The van der Waals surface area contributed by atoms with E-state index in [0.717, 1.165) is 22.0 Å². The molecule has 1 N–H and O–H groups in total. The summed E-state index contributed by atoms with van der Waals surface area (Å²) in [7, 11) is 0. The van der Waals surface area contributed by atoms with Gasteiger partial charge in [0.25, 0.3) is 0 Å². The highest BCUT2D eigenvalue weighted by Gasteiger charge is 2.04. The van der Waals surface area contributed by atoms with Crippen LogP contribution in [-0.4, -0.2) is 4.98 Å². The first-order chi connectivity index (χ1) is 8.84. The lowest BCUT2D eigenvalue weighted by molar-refractivity contribution is 1.14. The van der Waals surface area contributed by atoms with Crippen molar-refractivity contribution in [2.75, 3.05) is 0 Å². The van der Waals surface area contributed by atoms with Crippen molar-refractivity contribution in [2.45, 2.75) is 6.42 Å². The summed E-state index contributed by atoms with van der Waals surface area (Å²) in [6, 6.07) is 17.6. The molecule has 0 fully saturated rings. The average Bonchev–Trinajstić information content (AvgIpc) is 2.43. The molecule has 2 nitrogen and oxygen atoms in total. The first-order valence-corrected chi connectivity index (χ1v) is 5.98. The van der Waals surface area contributed by atoms with E-state index in [1.54, 1.807) is 0 Å². The molecule has 1 heterocycles. The highest BCUT2D eigenvalue weighted by atomic mass is 16.1. The molecule has 0 radical (unpaired) electrons. The zero-order chi connectivity index (χ0) is 12.4. The van der Waals surface area contributed by atoms with Gasteiger partial charge in [0, 0.05) is 29.1 Å². The number of benzene rings is 2. The van der Waals surface area contributed by atoms with Crippen LogP contribution < -0.4 is 5.43 Å². The Labute approximate surface area is 105 Å². The van der Waals surface area contributed by atoms with E-state index in [1.807, 2.05) is 60.8 Å². The van der Waals surface area contributed by atoms with Crippen LogP contribution in [0.4, 0.5) is 0 Å². The molecule has 3 aromatic rings. The number of H-pyrrole nitrogens is 1. The first kappa shape index (κ1) is 10.8. The third kappa shape index (κ3) is 1.93. The number of nitrogens with one attached hydrogen (secondary N) is 1. The Morgan fingerprint density at radius 3 is 2.44 bits per heavy atom. The van der Waals surface area contributed by atoms with Gasteiger partial charge in [-0.2, -0.15) is 0 Å². The lowest BCUT2D eigenvalue weighted by atomic mass is 10.0. The van der Waals surface area contributed by atoms with Gasteiger partial charge in [-0.15, -0.1) is 0 Å². The molecule has 2 aromatic carbocycles. The molecule has 2 heteroatoms. The Kier molecular flexibility index (Phi) is 2.69. The molecule has 0 aliphatic rings. The topological polar surface area (TPSA) is 32.9 Å². The van der Waals surface area contributed by atoms with Crippen molar-refractivity contribution in [1.82, 2.24) is 4.98 Å². The number of para-hydroxylation sites is 1. The smallest absolute Gasteiger partial charge is 0.192 e. The minimum atomic E-state index is 0.119. The predicted molar refractivity (Wildman–Crippen MR) is 73.8 cm³/mol.